The van der Waals surface area contributed by atoms with Crippen LogP contribution in [-0.2, 0) is 0 Å². The summed E-state index contributed by atoms with van der Waals surface area (Å²) in [4.78, 5) is 0. The lowest BCUT2D eigenvalue weighted by molar-refractivity contribution is 0.326. The quantitative estimate of drug-likeness (QED) is 0.698. The summed E-state index contributed by atoms with van der Waals surface area (Å²) in [5.74, 6) is 1.44. The van der Waals surface area contributed by atoms with E-state index in [-0.39, 0.29) is 0 Å². The molecule has 2 nitrogen and oxygen atoms in total. The molecule has 0 saturated heterocycles. The fraction of sp³-hybridized carbons (Fsp3) is 1.00. The average molecular weight is 184 g/mol. The Labute approximate surface area is 82.3 Å². The first-order valence-electron chi connectivity index (χ1n) is 5.61. The van der Waals surface area contributed by atoms with Gasteiger partial charge in [-0.1, -0.05) is 20.3 Å². The lowest BCUT2D eigenvalue weighted by Crippen LogP contribution is -2.43. The summed E-state index contributed by atoms with van der Waals surface area (Å²) in [6.45, 7) is 7.66. The minimum atomic E-state index is 0.622. The number of nitrogens with two attached hydrogens (primary N) is 1. The fourth-order valence-corrected chi connectivity index (χ4v) is 2.07. The molecule has 0 aromatic rings. The number of hydrogen-bond donors (Lipinski definition) is 2. The van der Waals surface area contributed by atoms with Crippen LogP contribution in [0.5, 0.6) is 0 Å². The van der Waals surface area contributed by atoms with E-state index in [1.54, 1.807) is 0 Å². The van der Waals surface area contributed by atoms with Crippen molar-refractivity contribution in [2.45, 2.75) is 52.1 Å². The molecule has 1 saturated carbocycles. The maximum absolute atomic E-state index is 5.74. The Bertz CT molecular complexity index is 145. The highest BCUT2D eigenvalue weighted by Gasteiger charge is 2.27. The standard InChI is InChI=1S/C11H24N2/c1-8(2)9(3)13-11-6-4-5-10(11)7-12/h8-11,13H,4-7,12H2,1-3H3. The van der Waals surface area contributed by atoms with E-state index in [1.807, 2.05) is 0 Å². The third-order valence-corrected chi connectivity index (χ3v) is 3.44. The maximum Gasteiger partial charge on any atom is 0.0110 e. The van der Waals surface area contributed by atoms with E-state index in [4.69, 9.17) is 5.73 Å². The Kier molecular flexibility index (Phi) is 4.20. The van der Waals surface area contributed by atoms with E-state index in [9.17, 15) is 0 Å². The molecule has 1 aliphatic carbocycles. The molecule has 3 N–H and O–H groups in total. The number of hydrogen-bond acceptors (Lipinski definition) is 2. The van der Waals surface area contributed by atoms with Crippen molar-refractivity contribution in [3.05, 3.63) is 0 Å². The highest BCUT2D eigenvalue weighted by molar-refractivity contribution is 4.85. The summed E-state index contributed by atoms with van der Waals surface area (Å²) in [5.41, 5.74) is 5.74. The molecule has 0 radical (unpaired) electrons. The molecule has 0 aromatic heterocycles. The molecule has 3 atom stereocenters. The van der Waals surface area contributed by atoms with Crippen LogP contribution in [0, 0.1) is 11.8 Å². The summed E-state index contributed by atoms with van der Waals surface area (Å²) >= 11 is 0. The van der Waals surface area contributed by atoms with Crippen LogP contribution >= 0.6 is 0 Å². The Morgan fingerprint density at radius 3 is 2.54 bits per heavy atom. The molecule has 0 aromatic carbocycles. The third-order valence-electron chi connectivity index (χ3n) is 3.44. The highest BCUT2D eigenvalue weighted by atomic mass is 15.0. The predicted octanol–water partition coefficient (Wildman–Crippen LogP) is 1.75. The predicted molar refractivity (Wildman–Crippen MR) is 57.6 cm³/mol. The van der Waals surface area contributed by atoms with Crippen molar-refractivity contribution in [3.63, 3.8) is 0 Å². The van der Waals surface area contributed by atoms with E-state index in [0.717, 1.165) is 18.4 Å². The van der Waals surface area contributed by atoms with E-state index in [2.05, 4.69) is 26.1 Å². The van der Waals surface area contributed by atoms with Crippen LogP contribution < -0.4 is 11.1 Å². The zero-order valence-corrected chi connectivity index (χ0v) is 9.22. The van der Waals surface area contributed by atoms with Gasteiger partial charge in [0.15, 0.2) is 0 Å². The smallest absolute Gasteiger partial charge is 0.0110 e. The van der Waals surface area contributed by atoms with Gasteiger partial charge < -0.3 is 11.1 Å². The first-order chi connectivity index (χ1) is 6.15. The molecule has 1 fully saturated rings. The second-order valence-corrected chi connectivity index (χ2v) is 4.73. The van der Waals surface area contributed by atoms with Gasteiger partial charge in [0.1, 0.15) is 0 Å². The molecule has 1 rings (SSSR count). The Balaban J connectivity index is 2.34. The monoisotopic (exact) mass is 184 g/mol. The van der Waals surface area contributed by atoms with Crippen molar-refractivity contribution in [2.24, 2.45) is 17.6 Å². The zero-order chi connectivity index (χ0) is 9.84. The number of nitrogens with one attached hydrogen (secondary N) is 1. The van der Waals surface area contributed by atoms with Crippen LogP contribution in [0.4, 0.5) is 0 Å². The van der Waals surface area contributed by atoms with Crippen LogP contribution in [0.3, 0.4) is 0 Å². The largest absolute Gasteiger partial charge is 0.330 e. The molecule has 0 spiro atoms. The summed E-state index contributed by atoms with van der Waals surface area (Å²) < 4.78 is 0. The van der Waals surface area contributed by atoms with E-state index >= 15 is 0 Å². The first-order valence-corrected chi connectivity index (χ1v) is 5.61. The minimum Gasteiger partial charge on any atom is -0.330 e. The van der Waals surface area contributed by atoms with Crippen LogP contribution in [0.15, 0.2) is 0 Å². The van der Waals surface area contributed by atoms with E-state index < -0.39 is 0 Å². The Morgan fingerprint density at radius 1 is 1.31 bits per heavy atom. The molecule has 13 heavy (non-hydrogen) atoms. The topological polar surface area (TPSA) is 38.0 Å². The Morgan fingerprint density at radius 2 is 2.00 bits per heavy atom. The summed E-state index contributed by atoms with van der Waals surface area (Å²) in [7, 11) is 0. The maximum atomic E-state index is 5.74. The van der Waals surface area contributed by atoms with Crippen LogP contribution in [-0.4, -0.2) is 18.6 Å². The van der Waals surface area contributed by atoms with E-state index in [1.165, 1.54) is 19.3 Å². The van der Waals surface area contributed by atoms with Crippen molar-refractivity contribution in [1.29, 1.82) is 0 Å². The van der Waals surface area contributed by atoms with Gasteiger partial charge >= 0.3 is 0 Å². The SMILES string of the molecule is CC(C)C(C)NC1CCCC1CN. The zero-order valence-electron chi connectivity index (χ0n) is 9.22. The first kappa shape index (κ1) is 11.0. The van der Waals surface area contributed by atoms with Gasteiger partial charge in [0.05, 0.1) is 0 Å². The van der Waals surface area contributed by atoms with Gasteiger partial charge in [0.25, 0.3) is 0 Å². The van der Waals surface area contributed by atoms with Crippen molar-refractivity contribution < 1.29 is 0 Å². The van der Waals surface area contributed by atoms with Gasteiger partial charge in [0.2, 0.25) is 0 Å². The molecule has 1 aliphatic rings. The lowest BCUT2D eigenvalue weighted by Gasteiger charge is -2.26. The average Bonchev–Trinajstić information content (AvgIpc) is 2.51. The van der Waals surface area contributed by atoms with Gasteiger partial charge in [0, 0.05) is 12.1 Å². The summed E-state index contributed by atoms with van der Waals surface area (Å²) in [6.07, 6.45) is 3.99. The fourth-order valence-electron chi connectivity index (χ4n) is 2.07. The van der Waals surface area contributed by atoms with Gasteiger partial charge in [-0.05, 0) is 38.1 Å². The van der Waals surface area contributed by atoms with Crippen molar-refractivity contribution in [3.8, 4) is 0 Å². The Hall–Kier alpha value is -0.0800. The van der Waals surface area contributed by atoms with Gasteiger partial charge in [-0.25, -0.2) is 0 Å². The molecular formula is C11H24N2. The summed E-state index contributed by atoms with van der Waals surface area (Å²) in [5, 5.41) is 3.70. The molecule has 0 bridgehead atoms. The van der Waals surface area contributed by atoms with E-state index in [0.29, 0.717) is 12.1 Å². The molecule has 2 heteroatoms. The molecular weight excluding hydrogens is 160 g/mol. The number of rotatable bonds is 4. The van der Waals surface area contributed by atoms with Crippen LogP contribution in [0.1, 0.15) is 40.0 Å². The van der Waals surface area contributed by atoms with Gasteiger partial charge in [-0.3, -0.25) is 0 Å². The molecule has 0 aliphatic heterocycles. The molecule has 0 amide bonds. The van der Waals surface area contributed by atoms with Crippen molar-refractivity contribution in [2.75, 3.05) is 6.54 Å². The van der Waals surface area contributed by atoms with Crippen molar-refractivity contribution >= 4 is 0 Å². The highest BCUT2D eigenvalue weighted by Crippen LogP contribution is 2.25. The second kappa shape index (κ2) is 4.97. The second-order valence-electron chi connectivity index (χ2n) is 4.73. The summed E-state index contributed by atoms with van der Waals surface area (Å²) in [6, 6.07) is 1.31. The lowest BCUT2D eigenvalue weighted by atomic mass is 10.00. The molecule has 0 heterocycles. The van der Waals surface area contributed by atoms with Gasteiger partial charge in [-0.15, -0.1) is 0 Å². The third kappa shape index (κ3) is 2.96. The normalized spacial score (nSPS) is 31.2. The van der Waals surface area contributed by atoms with Crippen LogP contribution in [0.2, 0.25) is 0 Å². The van der Waals surface area contributed by atoms with Crippen molar-refractivity contribution in [1.82, 2.24) is 5.32 Å². The molecule has 78 valence electrons. The minimum absolute atomic E-state index is 0.622. The van der Waals surface area contributed by atoms with Crippen LogP contribution in [0.25, 0.3) is 0 Å². The van der Waals surface area contributed by atoms with Gasteiger partial charge in [-0.2, -0.15) is 0 Å². The molecule has 3 unspecified atom stereocenters.